The topological polar surface area (TPSA) is 69.7 Å². The smallest absolute Gasteiger partial charge is 0.253 e. The molecule has 2 aliphatic rings. The number of likely N-dealkylation sites (tertiary alicyclic amines) is 1. The number of anilines is 1. The van der Waals surface area contributed by atoms with Gasteiger partial charge in [-0.25, -0.2) is 4.39 Å². The Balaban J connectivity index is 1.28. The number of carbonyl (C=O) groups excluding carboxylic acids is 3. The Bertz CT molecular complexity index is 1030. The Labute approximate surface area is 193 Å². The Hall–Kier alpha value is -3.22. The van der Waals surface area contributed by atoms with Gasteiger partial charge in [0.25, 0.3) is 5.91 Å². The highest BCUT2D eigenvalue weighted by atomic mass is 19.1. The second kappa shape index (κ2) is 10.6. The highest BCUT2D eigenvalue weighted by molar-refractivity contribution is 5.99. The average Bonchev–Trinajstić information content (AvgIpc) is 3.28. The number of hydrogen-bond acceptors (Lipinski definition) is 3. The zero-order chi connectivity index (χ0) is 23.2. The highest BCUT2D eigenvalue weighted by Crippen LogP contribution is 2.25. The lowest BCUT2D eigenvalue weighted by molar-refractivity contribution is -0.121. The molecule has 0 aliphatic carbocycles. The molecule has 0 radical (unpaired) electrons. The molecule has 2 saturated heterocycles. The number of piperidine rings is 1. The molecule has 0 spiro atoms. The third kappa shape index (κ3) is 5.78. The normalized spacial score (nSPS) is 18.5. The van der Waals surface area contributed by atoms with Crippen LogP contribution < -0.4 is 10.2 Å². The zero-order valence-electron chi connectivity index (χ0n) is 18.8. The first kappa shape index (κ1) is 23.0. The van der Waals surface area contributed by atoms with Crippen molar-refractivity contribution in [3.05, 3.63) is 65.5 Å². The SMILES string of the molecule is O=C(CCC1CCCN(C(=O)c2cccc(N3CCCC3=O)c2)C1)NCc1ccccc1F. The van der Waals surface area contributed by atoms with Gasteiger partial charge in [-0.05, 0) is 55.9 Å². The van der Waals surface area contributed by atoms with Gasteiger partial charge in [-0.3, -0.25) is 14.4 Å². The summed E-state index contributed by atoms with van der Waals surface area (Å²) in [5, 5.41) is 2.78. The summed E-state index contributed by atoms with van der Waals surface area (Å²) in [6.45, 7) is 2.19. The Morgan fingerprint density at radius 1 is 1.06 bits per heavy atom. The summed E-state index contributed by atoms with van der Waals surface area (Å²) >= 11 is 0. The van der Waals surface area contributed by atoms with Crippen LogP contribution in [0.25, 0.3) is 0 Å². The van der Waals surface area contributed by atoms with E-state index in [1.54, 1.807) is 29.2 Å². The lowest BCUT2D eigenvalue weighted by Gasteiger charge is -2.33. The van der Waals surface area contributed by atoms with Gasteiger partial charge in [0.2, 0.25) is 11.8 Å². The van der Waals surface area contributed by atoms with Gasteiger partial charge in [-0.1, -0.05) is 24.3 Å². The standard InChI is InChI=1S/C26H30FN3O3/c27-23-10-2-1-7-21(23)17-28-24(31)13-12-19-6-4-14-29(18-19)26(33)20-8-3-9-22(16-20)30-15-5-11-25(30)32/h1-3,7-10,16,19H,4-6,11-15,17-18H2,(H,28,31). The molecule has 2 aliphatic heterocycles. The molecule has 2 heterocycles. The van der Waals surface area contributed by atoms with Gasteiger partial charge in [0, 0.05) is 55.8 Å². The van der Waals surface area contributed by atoms with Crippen molar-refractivity contribution in [2.75, 3.05) is 24.5 Å². The van der Waals surface area contributed by atoms with Crippen LogP contribution in [0.2, 0.25) is 0 Å². The van der Waals surface area contributed by atoms with Gasteiger partial charge in [-0.2, -0.15) is 0 Å². The molecule has 2 aromatic rings. The predicted molar refractivity (Wildman–Crippen MR) is 124 cm³/mol. The average molecular weight is 452 g/mol. The van der Waals surface area contributed by atoms with Gasteiger partial charge in [0.1, 0.15) is 5.82 Å². The molecule has 0 saturated carbocycles. The van der Waals surface area contributed by atoms with Gasteiger partial charge >= 0.3 is 0 Å². The molecule has 1 unspecified atom stereocenters. The van der Waals surface area contributed by atoms with Gasteiger partial charge in [-0.15, -0.1) is 0 Å². The number of hydrogen-bond donors (Lipinski definition) is 1. The number of nitrogens with one attached hydrogen (secondary N) is 1. The molecule has 174 valence electrons. The Morgan fingerprint density at radius 2 is 1.91 bits per heavy atom. The molecule has 6 nitrogen and oxygen atoms in total. The fourth-order valence-electron chi connectivity index (χ4n) is 4.65. The molecule has 2 aromatic carbocycles. The number of carbonyl (C=O) groups is 3. The summed E-state index contributed by atoms with van der Waals surface area (Å²) < 4.78 is 13.7. The van der Waals surface area contributed by atoms with Crippen molar-refractivity contribution in [2.24, 2.45) is 5.92 Å². The van der Waals surface area contributed by atoms with Crippen LogP contribution in [0.15, 0.2) is 48.5 Å². The lowest BCUT2D eigenvalue weighted by atomic mass is 9.92. The van der Waals surface area contributed by atoms with E-state index >= 15 is 0 Å². The summed E-state index contributed by atoms with van der Waals surface area (Å²) in [5.41, 5.74) is 1.84. The first-order chi connectivity index (χ1) is 16.0. The zero-order valence-corrected chi connectivity index (χ0v) is 18.8. The molecule has 33 heavy (non-hydrogen) atoms. The molecule has 7 heteroatoms. The quantitative estimate of drug-likeness (QED) is 0.694. The molecule has 1 atom stereocenters. The van der Waals surface area contributed by atoms with E-state index in [9.17, 15) is 18.8 Å². The van der Waals surface area contributed by atoms with Crippen LogP contribution >= 0.6 is 0 Å². The summed E-state index contributed by atoms with van der Waals surface area (Å²) in [4.78, 5) is 41.0. The van der Waals surface area contributed by atoms with Gasteiger partial charge < -0.3 is 15.1 Å². The maximum Gasteiger partial charge on any atom is 0.253 e. The first-order valence-corrected chi connectivity index (χ1v) is 11.7. The fourth-order valence-corrected chi connectivity index (χ4v) is 4.65. The van der Waals surface area contributed by atoms with E-state index in [1.807, 2.05) is 23.1 Å². The fraction of sp³-hybridized carbons (Fsp3) is 0.423. The van der Waals surface area contributed by atoms with Crippen LogP contribution in [0.4, 0.5) is 10.1 Å². The van der Waals surface area contributed by atoms with Crippen molar-refractivity contribution in [3.8, 4) is 0 Å². The third-order valence-corrected chi connectivity index (χ3v) is 6.50. The van der Waals surface area contributed by atoms with Crippen molar-refractivity contribution in [3.63, 3.8) is 0 Å². The molecule has 2 fully saturated rings. The summed E-state index contributed by atoms with van der Waals surface area (Å²) in [7, 11) is 0. The van der Waals surface area contributed by atoms with E-state index in [0.29, 0.717) is 50.0 Å². The molecular formula is C26H30FN3O3. The van der Waals surface area contributed by atoms with E-state index in [0.717, 1.165) is 24.9 Å². The number of halogens is 1. The summed E-state index contributed by atoms with van der Waals surface area (Å²) in [6, 6.07) is 13.7. The minimum atomic E-state index is -0.322. The Morgan fingerprint density at radius 3 is 2.70 bits per heavy atom. The van der Waals surface area contributed by atoms with Crippen LogP contribution in [0.3, 0.4) is 0 Å². The summed E-state index contributed by atoms with van der Waals surface area (Å²) in [6.07, 6.45) is 4.33. The second-order valence-electron chi connectivity index (χ2n) is 8.87. The van der Waals surface area contributed by atoms with Gasteiger partial charge in [0.05, 0.1) is 0 Å². The third-order valence-electron chi connectivity index (χ3n) is 6.50. The van der Waals surface area contributed by atoms with Crippen molar-refractivity contribution >= 4 is 23.4 Å². The molecule has 0 aromatic heterocycles. The van der Waals surface area contributed by atoms with Crippen LogP contribution in [-0.2, 0) is 16.1 Å². The van der Waals surface area contributed by atoms with Crippen LogP contribution in [0.1, 0.15) is 54.4 Å². The van der Waals surface area contributed by atoms with Crippen molar-refractivity contribution in [2.45, 2.75) is 45.1 Å². The highest BCUT2D eigenvalue weighted by Gasteiger charge is 2.26. The second-order valence-corrected chi connectivity index (χ2v) is 8.87. The molecule has 1 N–H and O–H groups in total. The first-order valence-electron chi connectivity index (χ1n) is 11.7. The van der Waals surface area contributed by atoms with E-state index in [4.69, 9.17) is 0 Å². The van der Waals surface area contributed by atoms with Crippen molar-refractivity contribution < 1.29 is 18.8 Å². The van der Waals surface area contributed by atoms with E-state index < -0.39 is 0 Å². The molecule has 0 bridgehead atoms. The minimum Gasteiger partial charge on any atom is -0.352 e. The number of benzene rings is 2. The van der Waals surface area contributed by atoms with Crippen molar-refractivity contribution in [1.82, 2.24) is 10.2 Å². The maximum absolute atomic E-state index is 13.7. The van der Waals surface area contributed by atoms with E-state index in [1.165, 1.54) is 6.07 Å². The predicted octanol–water partition coefficient (Wildman–Crippen LogP) is 3.90. The van der Waals surface area contributed by atoms with E-state index in [-0.39, 0.29) is 36.0 Å². The number of amides is 3. The lowest BCUT2D eigenvalue weighted by Crippen LogP contribution is -2.40. The maximum atomic E-state index is 13.7. The Kier molecular flexibility index (Phi) is 7.37. The minimum absolute atomic E-state index is 0.0304. The van der Waals surface area contributed by atoms with Crippen LogP contribution in [0, 0.1) is 11.7 Å². The van der Waals surface area contributed by atoms with Gasteiger partial charge in [0.15, 0.2) is 0 Å². The molecular weight excluding hydrogens is 421 g/mol. The number of rotatable bonds is 7. The van der Waals surface area contributed by atoms with Crippen molar-refractivity contribution in [1.29, 1.82) is 0 Å². The largest absolute Gasteiger partial charge is 0.352 e. The van der Waals surface area contributed by atoms with Crippen LogP contribution in [0.5, 0.6) is 0 Å². The van der Waals surface area contributed by atoms with E-state index in [2.05, 4.69) is 5.32 Å². The van der Waals surface area contributed by atoms with Crippen LogP contribution in [-0.4, -0.2) is 42.3 Å². The molecule has 4 rings (SSSR count). The summed E-state index contributed by atoms with van der Waals surface area (Å²) in [5.74, 6) is -0.101. The monoisotopic (exact) mass is 451 g/mol. The molecule has 3 amide bonds. The number of nitrogens with zero attached hydrogens (tertiary/aromatic N) is 2.